The van der Waals surface area contributed by atoms with E-state index in [0.29, 0.717) is 13.2 Å². The van der Waals surface area contributed by atoms with Crippen molar-refractivity contribution in [2.24, 2.45) is 0 Å². The van der Waals surface area contributed by atoms with Crippen LogP contribution in [0.2, 0.25) is 0 Å². The van der Waals surface area contributed by atoms with Crippen molar-refractivity contribution < 1.29 is 19.1 Å². The first-order valence-corrected chi connectivity index (χ1v) is 8.58. The van der Waals surface area contributed by atoms with Gasteiger partial charge in [0.1, 0.15) is 5.75 Å². The van der Waals surface area contributed by atoms with E-state index in [9.17, 15) is 9.59 Å². The van der Waals surface area contributed by atoms with Gasteiger partial charge in [0.05, 0.1) is 13.2 Å². The van der Waals surface area contributed by atoms with E-state index in [4.69, 9.17) is 9.47 Å². The number of aryl methyl sites for hydroxylation is 1. The topological polar surface area (TPSA) is 52.6 Å². The fourth-order valence-electron chi connectivity index (χ4n) is 2.36. The molecule has 0 fully saturated rings. The highest BCUT2D eigenvalue weighted by molar-refractivity contribution is 5.94. The van der Waals surface area contributed by atoms with Gasteiger partial charge >= 0.3 is 5.97 Å². The van der Waals surface area contributed by atoms with Gasteiger partial charge in [-0.15, -0.1) is 0 Å². The highest BCUT2D eigenvalue weighted by atomic mass is 16.5. The second-order valence-corrected chi connectivity index (χ2v) is 5.88. The molecule has 0 aliphatic carbocycles. The number of esters is 1. The fourth-order valence-corrected chi connectivity index (χ4v) is 2.36. The summed E-state index contributed by atoms with van der Waals surface area (Å²) in [4.78, 5) is 22.2. The molecule has 0 aliphatic rings. The van der Waals surface area contributed by atoms with Gasteiger partial charge in [-0.25, -0.2) is 4.79 Å². The van der Waals surface area contributed by atoms with Gasteiger partial charge in [0, 0.05) is 11.6 Å². The molecule has 140 valence electrons. The maximum Gasteiger partial charge on any atom is 0.330 e. The molecule has 0 unspecified atom stereocenters. The largest absolute Gasteiger partial charge is 0.493 e. The third kappa shape index (κ3) is 9.70. The number of benzene rings is 1. The average Bonchev–Trinajstić information content (AvgIpc) is 2.57. The normalized spacial score (nSPS) is 9.84. The van der Waals surface area contributed by atoms with Crippen molar-refractivity contribution in [1.29, 1.82) is 0 Å². The molecule has 0 spiro atoms. The highest BCUT2D eigenvalue weighted by Crippen LogP contribution is 2.20. The van der Waals surface area contributed by atoms with E-state index in [-0.39, 0.29) is 19.2 Å². The Morgan fingerprint density at radius 2 is 1.64 bits per heavy atom. The zero-order chi connectivity index (χ0) is 17.8. The minimum absolute atomic E-state index is 0. The van der Waals surface area contributed by atoms with E-state index in [1.165, 1.54) is 6.08 Å². The first-order chi connectivity index (χ1) is 11.5. The van der Waals surface area contributed by atoms with Gasteiger partial charge in [0.2, 0.25) is 0 Å². The Kier molecular flexibility index (Phi) is 12.1. The maximum atomic E-state index is 11.3. The number of hydrogen-bond donors (Lipinski definition) is 0. The van der Waals surface area contributed by atoms with E-state index in [0.717, 1.165) is 55.4 Å². The van der Waals surface area contributed by atoms with Crippen LogP contribution in [0.4, 0.5) is 0 Å². The van der Waals surface area contributed by atoms with Gasteiger partial charge in [0.15, 0.2) is 5.78 Å². The van der Waals surface area contributed by atoms with Crippen molar-refractivity contribution in [1.82, 2.24) is 0 Å². The first-order valence-electron chi connectivity index (χ1n) is 8.58. The van der Waals surface area contributed by atoms with Gasteiger partial charge < -0.3 is 9.47 Å². The van der Waals surface area contributed by atoms with Gasteiger partial charge in [-0.1, -0.05) is 39.7 Å². The smallest absolute Gasteiger partial charge is 0.330 e. The number of unbranched alkanes of at least 4 members (excludes halogenated alkanes) is 5. The lowest BCUT2D eigenvalue weighted by Gasteiger charge is -2.10. The number of rotatable bonds is 12. The van der Waals surface area contributed by atoms with Gasteiger partial charge in [-0.3, -0.25) is 4.79 Å². The van der Waals surface area contributed by atoms with Crippen LogP contribution in [0.15, 0.2) is 30.9 Å². The van der Waals surface area contributed by atoms with Crippen LogP contribution < -0.4 is 4.74 Å². The summed E-state index contributed by atoms with van der Waals surface area (Å²) in [5, 5.41) is 0. The molecule has 4 nitrogen and oxygen atoms in total. The summed E-state index contributed by atoms with van der Waals surface area (Å²) >= 11 is 0. The Morgan fingerprint density at radius 1 is 1.04 bits per heavy atom. The number of Topliss-reactive ketones (excluding diaryl/α,β-unsaturated/α-hetero) is 1. The minimum Gasteiger partial charge on any atom is -0.493 e. The molecule has 0 bridgehead atoms. The van der Waals surface area contributed by atoms with Crippen molar-refractivity contribution in [3.8, 4) is 5.75 Å². The molecule has 1 aromatic rings. The Balaban J connectivity index is 0.00000576. The van der Waals surface area contributed by atoms with E-state index >= 15 is 0 Å². The summed E-state index contributed by atoms with van der Waals surface area (Å²) in [6.45, 7) is 8.05. The summed E-state index contributed by atoms with van der Waals surface area (Å²) in [5.41, 5.74) is 1.72. The summed E-state index contributed by atoms with van der Waals surface area (Å²) in [6.07, 6.45) is 7.58. The SMILES string of the molecule is C.C=CC(=O)OCCCCCCCCOc1ccc(C(C)=O)cc1C. The number of carbonyl (C=O) groups excluding carboxylic acids is 2. The molecule has 1 aromatic carbocycles. The van der Waals surface area contributed by atoms with Gasteiger partial charge in [-0.2, -0.15) is 0 Å². The van der Waals surface area contributed by atoms with Crippen molar-refractivity contribution in [2.45, 2.75) is 59.8 Å². The first kappa shape index (κ1) is 22.9. The highest BCUT2D eigenvalue weighted by Gasteiger charge is 2.04. The van der Waals surface area contributed by atoms with Crippen LogP contribution in [0, 0.1) is 6.92 Å². The zero-order valence-corrected chi connectivity index (χ0v) is 14.8. The Labute approximate surface area is 152 Å². The van der Waals surface area contributed by atoms with Crippen molar-refractivity contribution >= 4 is 11.8 Å². The monoisotopic (exact) mass is 348 g/mol. The van der Waals surface area contributed by atoms with Crippen molar-refractivity contribution in [3.05, 3.63) is 42.0 Å². The quantitative estimate of drug-likeness (QED) is 0.223. The lowest BCUT2D eigenvalue weighted by molar-refractivity contribution is -0.137. The molecule has 4 heteroatoms. The van der Waals surface area contributed by atoms with E-state index in [2.05, 4.69) is 6.58 Å². The average molecular weight is 348 g/mol. The second kappa shape index (κ2) is 13.2. The summed E-state index contributed by atoms with van der Waals surface area (Å²) < 4.78 is 10.7. The van der Waals surface area contributed by atoms with Crippen LogP contribution in [0.5, 0.6) is 5.75 Å². The van der Waals surface area contributed by atoms with Crippen LogP contribution >= 0.6 is 0 Å². The molecule has 0 saturated heterocycles. The van der Waals surface area contributed by atoms with Crippen LogP contribution in [-0.2, 0) is 9.53 Å². The lowest BCUT2D eigenvalue weighted by atomic mass is 10.1. The Hall–Kier alpha value is -2.10. The number of carbonyl (C=O) groups is 2. The number of hydrogen-bond acceptors (Lipinski definition) is 4. The predicted octanol–water partition coefficient (Wildman–Crippen LogP) is 5.28. The molecule has 0 amide bonds. The van der Waals surface area contributed by atoms with Crippen LogP contribution in [0.25, 0.3) is 0 Å². The lowest BCUT2D eigenvalue weighted by Crippen LogP contribution is -2.02. The molecule has 0 N–H and O–H groups in total. The van der Waals surface area contributed by atoms with Gasteiger partial charge in [0.25, 0.3) is 0 Å². The van der Waals surface area contributed by atoms with Crippen molar-refractivity contribution in [2.75, 3.05) is 13.2 Å². The zero-order valence-electron chi connectivity index (χ0n) is 14.8. The van der Waals surface area contributed by atoms with Crippen LogP contribution in [0.3, 0.4) is 0 Å². The molecule has 0 radical (unpaired) electrons. The molecular weight excluding hydrogens is 316 g/mol. The van der Waals surface area contributed by atoms with E-state index in [1.54, 1.807) is 6.92 Å². The molecule has 0 atom stereocenters. The van der Waals surface area contributed by atoms with E-state index < -0.39 is 0 Å². The Morgan fingerprint density at radius 3 is 2.20 bits per heavy atom. The van der Waals surface area contributed by atoms with Crippen LogP contribution in [0.1, 0.15) is 68.8 Å². The molecule has 25 heavy (non-hydrogen) atoms. The second-order valence-electron chi connectivity index (χ2n) is 5.88. The number of ether oxygens (including phenoxy) is 2. The molecular formula is C21H32O4. The molecule has 0 saturated carbocycles. The summed E-state index contributed by atoms with van der Waals surface area (Å²) in [6, 6.07) is 5.55. The number of ketones is 1. The molecule has 0 aliphatic heterocycles. The standard InChI is InChI=1S/C20H28O4.CH4/c1-4-20(22)24-14-10-8-6-5-7-9-13-23-19-12-11-18(17(3)21)15-16(19)2;/h4,11-12,15H,1,5-10,13-14H2,2-3H3;1H4. The van der Waals surface area contributed by atoms with Crippen molar-refractivity contribution in [3.63, 3.8) is 0 Å². The summed E-state index contributed by atoms with van der Waals surface area (Å²) in [5.74, 6) is 0.576. The van der Waals surface area contributed by atoms with E-state index in [1.807, 2.05) is 25.1 Å². The molecule has 0 aromatic heterocycles. The maximum absolute atomic E-state index is 11.3. The molecule has 1 rings (SSSR count). The minimum atomic E-state index is -0.348. The molecule has 0 heterocycles. The third-order valence-electron chi connectivity index (χ3n) is 3.79. The third-order valence-corrected chi connectivity index (χ3v) is 3.79. The predicted molar refractivity (Wildman–Crippen MR) is 102 cm³/mol. The Bertz CT molecular complexity index is 549. The summed E-state index contributed by atoms with van der Waals surface area (Å²) in [7, 11) is 0. The van der Waals surface area contributed by atoms with Crippen LogP contribution in [-0.4, -0.2) is 25.0 Å². The fraction of sp³-hybridized carbons (Fsp3) is 0.524. The van der Waals surface area contributed by atoms with Gasteiger partial charge in [-0.05, 0) is 50.5 Å².